The molecule has 4 heterocycles. The Morgan fingerprint density at radius 3 is 2.43 bits per heavy atom. The first kappa shape index (κ1) is 32.1. The van der Waals surface area contributed by atoms with Gasteiger partial charge in [0.25, 0.3) is 11.5 Å². The van der Waals surface area contributed by atoms with Crippen molar-refractivity contribution in [1.29, 1.82) is 0 Å². The predicted octanol–water partition coefficient (Wildman–Crippen LogP) is 3.08. The molecule has 250 valence electrons. The van der Waals surface area contributed by atoms with Gasteiger partial charge in [-0.15, -0.1) is 5.10 Å². The second kappa shape index (κ2) is 12.0. The Morgan fingerprint density at radius 1 is 1.11 bits per heavy atom. The zero-order chi connectivity index (χ0) is 33.8. The normalized spacial score (nSPS) is 17.4. The first-order chi connectivity index (χ1) is 22.3. The third kappa shape index (κ3) is 6.03. The van der Waals surface area contributed by atoms with Crippen molar-refractivity contribution in [2.24, 2.45) is 4.99 Å². The third-order valence-electron chi connectivity index (χ3n) is 8.92. The molecule has 13 nitrogen and oxygen atoms in total. The molecule has 2 N–H and O–H groups in total. The molecular weight excluding hydrogens is 619 g/mol. The molecule has 2 amide bonds. The van der Waals surface area contributed by atoms with Gasteiger partial charge >= 0.3 is 6.18 Å². The number of aliphatic hydroxyl groups excluding tert-OH is 1. The number of fused-ring (bicyclic) bond motifs is 1. The fraction of sp³-hybridized carbons (Fsp3) is 0.484. The number of aliphatic hydroxyl groups is 1. The summed E-state index contributed by atoms with van der Waals surface area (Å²) in [5.74, 6) is -0.192. The Balaban J connectivity index is 1.29. The molecule has 2 fully saturated rings. The van der Waals surface area contributed by atoms with Crippen molar-refractivity contribution in [2.75, 3.05) is 50.1 Å². The fourth-order valence-electron chi connectivity index (χ4n) is 5.93. The van der Waals surface area contributed by atoms with E-state index in [1.54, 1.807) is 28.3 Å². The molecular formula is C31H36F3N9O4. The van der Waals surface area contributed by atoms with E-state index in [0.29, 0.717) is 42.4 Å². The van der Waals surface area contributed by atoms with Gasteiger partial charge in [-0.2, -0.15) is 22.7 Å². The lowest BCUT2D eigenvalue weighted by atomic mass is 10.1. The molecule has 1 aromatic carbocycles. The molecule has 3 aromatic rings. The number of halogens is 3. The molecule has 1 aliphatic carbocycles. The summed E-state index contributed by atoms with van der Waals surface area (Å²) in [5, 5.41) is 17.8. The summed E-state index contributed by atoms with van der Waals surface area (Å²) in [6.07, 6.45) is -2.35. The second-order valence-corrected chi connectivity index (χ2v) is 12.1. The second-order valence-electron chi connectivity index (χ2n) is 12.1. The molecule has 0 radical (unpaired) electrons. The van der Waals surface area contributed by atoms with Crippen LogP contribution in [0.3, 0.4) is 0 Å². The molecule has 0 atom stereocenters. The smallest absolute Gasteiger partial charge is 0.416 e. The monoisotopic (exact) mass is 655 g/mol. The van der Waals surface area contributed by atoms with Crippen molar-refractivity contribution in [2.45, 2.75) is 58.7 Å². The van der Waals surface area contributed by atoms with E-state index in [2.05, 4.69) is 20.4 Å². The largest absolute Gasteiger partial charge is 0.504 e. The number of nitrogens with zero attached hydrogens (tertiary/aromatic N) is 8. The maximum absolute atomic E-state index is 14.0. The van der Waals surface area contributed by atoms with E-state index in [1.807, 2.05) is 11.8 Å². The van der Waals surface area contributed by atoms with Gasteiger partial charge in [0.15, 0.2) is 17.3 Å². The molecule has 0 spiro atoms. The zero-order valence-electron chi connectivity index (χ0n) is 26.6. The summed E-state index contributed by atoms with van der Waals surface area (Å²) in [5.41, 5.74) is 0.752. The van der Waals surface area contributed by atoms with Gasteiger partial charge in [-0.05, 0) is 56.9 Å². The van der Waals surface area contributed by atoms with Crippen LogP contribution in [0.2, 0.25) is 0 Å². The Kier molecular flexibility index (Phi) is 8.22. The molecule has 3 aliphatic rings. The maximum atomic E-state index is 14.0. The number of piperazine rings is 1. The quantitative estimate of drug-likeness (QED) is 0.396. The number of aromatic nitrogens is 4. The lowest BCUT2D eigenvalue weighted by molar-refractivity contribution is -0.137. The zero-order valence-corrected chi connectivity index (χ0v) is 26.6. The van der Waals surface area contributed by atoms with Crippen molar-refractivity contribution < 1.29 is 27.9 Å². The highest BCUT2D eigenvalue weighted by atomic mass is 19.4. The van der Waals surface area contributed by atoms with Gasteiger partial charge in [0.1, 0.15) is 18.9 Å². The number of amides is 2. The van der Waals surface area contributed by atoms with Crippen LogP contribution in [0.4, 0.5) is 24.5 Å². The van der Waals surface area contributed by atoms with Crippen LogP contribution >= 0.6 is 0 Å². The summed E-state index contributed by atoms with van der Waals surface area (Å²) < 4.78 is 42.4. The molecule has 47 heavy (non-hydrogen) atoms. The Morgan fingerprint density at radius 2 is 1.81 bits per heavy atom. The number of hydrogen-bond acceptors (Lipinski definition) is 9. The first-order valence-electron chi connectivity index (χ1n) is 15.5. The number of alkyl halides is 3. The Labute approximate surface area is 268 Å². The van der Waals surface area contributed by atoms with Gasteiger partial charge in [0, 0.05) is 44.8 Å². The standard InChI is InChI=1S/C31H36F3N9O4/c1-5-22-25(40-10-12-41(13-11-40)28(46)24-26(45)18(3)39(4)16-35-24)29(47)43-30(37-27(38-43)19-6-7-19)42(22)15-23(44)36-21-9-8-20(14-17(21)2)31(32,33)34/h8-9,14,19,45H,5-7,10-13,15-16H2,1-4H3,(H,36,44). The molecule has 2 aromatic heterocycles. The fourth-order valence-corrected chi connectivity index (χ4v) is 5.93. The average molecular weight is 656 g/mol. The molecule has 1 saturated carbocycles. The van der Waals surface area contributed by atoms with Gasteiger partial charge in [0.2, 0.25) is 11.7 Å². The van der Waals surface area contributed by atoms with Crippen molar-refractivity contribution in [3.63, 3.8) is 0 Å². The molecule has 16 heteroatoms. The van der Waals surface area contributed by atoms with Crippen molar-refractivity contribution in [3.8, 4) is 0 Å². The van der Waals surface area contributed by atoms with E-state index in [4.69, 9.17) is 0 Å². The first-order valence-corrected chi connectivity index (χ1v) is 15.5. The Bertz CT molecular complexity index is 1880. The number of nitrogens with one attached hydrogen (secondary N) is 1. The SMILES string of the molecule is CCc1c(N2CCN(C(=O)C3=NCN(C)C(C)=C3O)CC2)c(=O)n2nc(C3CC3)nc2n1CC(=O)Nc1ccc(C(F)(F)F)cc1C. The molecule has 0 bridgehead atoms. The minimum absolute atomic E-state index is 0.0107. The maximum Gasteiger partial charge on any atom is 0.416 e. The third-order valence-corrected chi connectivity index (χ3v) is 8.92. The Hall–Kier alpha value is -4.89. The van der Waals surface area contributed by atoms with E-state index in [0.717, 1.165) is 25.0 Å². The lowest BCUT2D eigenvalue weighted by Crippen LogP contribution is -2.53. The number of aliphatic imine (C=N–C) groups is 1. The van der Waals surface area contributed by atoms with E-state index < -0.39 is 23.6 Å². The van der Waals surface area contributed by atoms with Crippen LogP contribution in [0.1, 0.15) is 55.3 Å². The van der Waals surface area contributed by atoms with Gasteiger partial charge < -0.3 is 29.7 Å². The molecule has 1 saturated heterocycles. The number of benzene rings is 1. The van der Waals surface area contributed by atoms with E-state index in [1.165, 1.54) is 17.5 Å². The number of allylic oxidation sites excluding steroid dienone is 1. The van der Waals surface area contributed by atoms with E-state index in [-0.39, 0.29) is 66.3 Å². The van der Waals surface area contributed by atoms with Gasteiger partial charge in [0.05, 0.1) is 17.0 Å². The van der Waals surface area contributed by atoms with E-state index >= 15 is 0 Å². The highest BCUT2D eigenvalue weighted by molar-refractivity contribution is 6.44. The van der Waals surface area contributed by atoms with Crippen molar-refractivity contribution in [1.82, 2.24) is 29.0 Å². The highest BCUT2D eigenvalue weighted by Gasteiger charge is 2.34. The minimum atomic E-state index is -4.51. The molecule has 0 unspecified atom stereocenters. The van der Waals surface area contributed by atoms with Crippen LogP contribution in [-0.2, 0) is 28.7 Å². The summed E-state index contributed by atoms with van der Waals surface area (Å²) in [6, 6.07) is 3.12. The lowest BCUT2D eigenvalue weighted by Gasteiger charge is -2.37. The highest BCUT2D eigenvalue weighted by Crippen LogP contribution is 2.38. The van der Waals surface area contributed by atoms with E-state index in [9.17, 15) is 32.7 Å². The molecule has 6 rings (SSSR count). The van der Waals surface area contributed by atoms with Gasteiger partial charge in [-0.25, -0.2) is 0 Å². The average Bonchev–Trinajstić information content (AvgIpc) is 3.79. The number of carbonyl (C=O) groups excluding carboxylic acids is 2. The summed E-state index contributed by atoms with van der Waals surface area (Å²) in [7, 11) is 1.77. The van der Waals surface area contributed by atoms with Gasteiger partial charge in [-0.1, -0.05) is 6.92 Å². The van der Waals surface area contributed by atoms with Crippen LogP contribution in [0, 0.1) is 6.92 Å². The molecule has 2 aliphatic heterocycles. The van der Waals surface area contributed by atoms with Crippen molar-refractivity contribution >= 4 is 34.7 Å². The topological polar surface area (TPSA) is 141 Å². The summed E-state index contributed by atoms with van der Waals surface area (Å²) >= 11 is 0. The van der Waals surface area contributed by atoms with Crippen LogP contribution < -0.4 is 15.8 Å². The summed E-state index contributed by atoms with van der Waals surface area (Å²) in [6.45, 7) is 6.18. The van der Waals surface area contributed by atoms with Crippen LogP contribution in [0.5, 0.6) is 0 Å². The van der Waals surface area contributed by atoms with Crippen LogP contribution in [-0.4, -0.2) is 91.5 Å². The number of aryl methyl sites for hydroxylation is 1. The number of carbonyl (C=O) groups is 2. The van der Waals surface area contributed by atoms with Crippen LogP contribution in [0.15, 0.2) is 39.4 Å². The van der Waals surface area contributed by atoms with Crippen LogP contribution in [0.25, 0.3) is 5.78 Å². The van der Waals surface area contributed by atoms with Crippen molar-refractivity contribution in [3.05, 3.63) is 62.7 Å². The summed E-state index contributed by atoms with van der Waals surface area (Å²) in [4.78, 5) is 54.8. The van der Waals surface area contributed by atoms with Gasteiger partial charge in [-0.3, -0.25) is 19.4 Å². The number of rotatable bonds is 7. The minimum Gasteiger partial charge on any atom is -0.504 e. The predicted molar refractivity (Wildman–Crippen MR) is 168 cm³/mol. The number of hydrogen-bond donors (Lipinski definition) is 2. The number of anilines is 2.